The van der Waals surface area contributed by atoms with Gasteiger partial charge in [-0.15, -0.1) is 11.3 Å². The number of thiophene rings is 1. The average Bonchev–Trinajstić information content (AvgIpc) is 3.38. The van der Waals surface area contributed by atoms with Crippen LogP contribution in [0.15, 0.2) is 54.6 Å². The highest BCUT2D eigenvalue weighted by Crippen LogP contribution is 2.38. The van der Waals surface area contributed by atoms with Crippen LogP contribution in [0.5, 0.6) is 0 Å². The fourth-order valence-corrected chi connectivity index (χ4v) is 5.16. The normalized spacial score (nSPS) is 10.7. The molecule has 1 amide bonds. The third-order valence-electron chi connectivity index (χ3n) is 5.74. The smallest absolute Gasteiger partial charge is 0.340 e. The number of methoxy groups -OCH3 is 1. The lowest BCUT2D eigenvalue weighted by Gasteiger charge is -2.17. The molecule has 0 aliphatic carbocycles. The molecule has 0 aliphatic heterocycles. The number of esters is 1. The molecule has 1 N–H and O–H groups in total. The van der Waals surface area contributed by atoms with Gasteiger partial charge in [-0.1, -0.05) is 58.4 Å². The topological polar surface area (TPSA) is 68.3 Å². The van der Waals surface area contributed by atoms with E-state index in [2.05, 4.69) is 33.0 Å². The van der Waals surface area contributed by atoms with Crippen molar-refractivity contribution in [2.75, 3.05) is 14.2 Å². The number of rotatable bonds is 7. The molecule has 4 rings (SSSR count). The molecule has 2 aromatic carbocycles. The van der Waals surface area contributed by atoms with E-state index >= 15 is 0 Å². The quantitative estimate of drug-likeness (QED) is 0.250. The van der Waals surface area contributed by atoms with Gasteiger partial charge in [0, 0.05) is 22.9 Å². The van der Waals surface area contributed by atoms with Crippen LogP contribution in [-0.2, 0) is 17.6 Å². The molecule has 5 nitrogen and oxygen atoms in total. The van der Waals surface area contributed by atoms with E-state index in [1.165, 1.54) is 37.0 Å². The van der Waals surface area contributed by atoms with Crippen LogP contribution in [0.3, 0.4) is 0 Å². The molecule has 0 saturated carbocycles. The maximum absolute atomic E-state index is 13.3. The van der Waals surface area contributed by atoms with Crippen molar-refractivity contribution in [3.05, 3.63) is 87.7 Å². The second kappa shape index (κ2) is 13.3. The maximum Gasteiger partial charge on any atom is 0.340 e. The zero-order chi connectivity index (χ0) is 27.8. The monoisotopic (exact) mass is 534 g/mol. The van der Waals surface area contributed by atoms with Crippen LogP contribution in [-0.4, -0.2) is 31.0 Å². The van der Waals surface area contributed by atoms with Gasteiger partial charge >= 0.3 is 5.97 Å². The second-order valence-electron chi connectivity index (χ2n) is 9.50. The van der Waals surface area contributed by atoms with Crippen LogP contribution >= 0.6 is 11.3 Å². The van der Waals surface area contributed by atoms with E-state index in [9.17, 15) is 14.0 Å². The van der Waals surface area contributed by atoms with E-state index in [4.69, 9.17) is 9.72 Å². The van der Waals surface area contributed by atoms with Crippen LogP contribution in [0.25, 0.3) is 21.3 Å². The number of hydrogen-bond donors (Lipinski definition) is 1. The number of nitrogens with zero attached hydrogens (tertiary/aromatic N) is 1. The highest BCUT2D eigenvalue weighted by Gasteiger charge is 2.25. The van der Waals surface area contributed by atoms with Crippen molar-refractivity contribution in [2.24, 2.45) is 5.92 Å². The van der Waals surface area contributed by atoms with Gasteiger partial charge in [-0.2, -0.15) is 0 Å². The summed E-state index contributed by atoms with van der Waals surface area (Å²) in [7, 11) is 2.96. The number of benzene rings is 2. The molecule has 0 aliphatic rings. The molecule has 0 spiro atoms. The highest BCUT2D eigenvalue weighted by molar-refractivity contribution is 7.17. The number of carbonyl (C=O) groups excluding carboxylic acids is 2. The Balaban J connectivity index is 0.00000127. The molecule has 200 valence electrons. The van der Waals surface area contributed by atoms with Crippen molar-refractivity contribution in [3.63, 3.8) is 0 Å². The Labute approximate surface area is 228 Å². The molecular formula is C31H35FN2O3S. The first-order chi connectivity index (χ1) is 18.2. The van der Waals surface area contributed by atoms with Crippen molar-refractivity contribution >= 4 is 34.1 Å². The van der Waals surface area contributed by atoms with Gasteiger partial charge in [0.05, 0.1) is 28.8 Å². The molecule has 0 saturated heterocycles. The van der Waals surface area contributed by atoms with E-state index in [1.807, 2.05) is 24.3 Å². The van der Waals surface area contributed by atoms with Gasteiger partial charge in [0.15, 0.2) is 0 Å². The summed E-state index contributed by atoms with van der Waals surface area (Å²) in [6, 6.07) is 16.0. The van der Waals surface area contributed by atoms with E-state index in [0.717, 1.165) is 32.5 Å². The van der Waals surface area contributed by atoms with Gasteiger partial charge in [0.2, 0.25) is 0 Å². The summed E-state index contributed by atoms with van der Waals surface area (Å²) in [4.78, 5) is 31.5. The third kappa shape index (κ3) is 6.84. The first-order valence-electron chi connectivity index (χ1n) is 12.8. The molecule has 0 unspecified atom stereocenters. The SMILES string of the molecule is CCC.CNC(=O)c1ccc(-c2c(C(=O)OC)c(CC(C)C)nc3cc(Cc4ccc(F)cc4)ccc23)s1. The number of nitrogens with one attached hydrogen (secondary N) is 1. The Bertz CT molecular complexity index is 1410. The lowest BCUT2D eigenvalue weighted by molar-refractivity contribution is 0.0599. The van der Waals surface area contributed by atoms with Gasteiger partial charge in [-0.25, -0.2) is 9.18 Å². The first kappa shape index (κ1) is 29.0. The van der Waals surface area contributed by atoms with Gasteiger partial charge in [-0.3, -0.25) is 9.78 Å². The molecule has 7 heteroatoms. The zero-order valence-electron chi connectivity index (χ0n) is 22.9. The van der Waals surface area contributed by atoms with Crippen LogP contribution in [0.4, 0.5) is 4.39 Å². The Morgan fingerprint density at radius 3 is 2.29 bits per heavy atom. The Morgan fingerprint density at radius 2 is 1.68 bits per heavy atom. The van der Waals surface area contributed by atoms with Crippen LogP contribution in [0.1, 0.15) is 71.0 Å². The molecule has 38 heavy (non-hydrogen) atoms. The number of hydrogen-bond acceptors (Lipinski definition) is 5. The lowest BCUT2D eigenvalue weighted by Crippen LogP contribution is -2.16. The summed E-state index contributed by atoms with van der Waals surface area (Å²) in [6.07, 6.45) is 2.48. The molecular weight excluding hydrogens is 499 g/mol. The van der Waals surface area contributed by atoms with E-state index in [0.29, 0.717) is 29.0 Å². The average molecular weight is 535 g/mol. The molecule has 0 fully saturated rings. The predicted molar refractivity (Wildman–Crippen MR) is 153 cm³/mol. The van der Waals surface area contributed by atoms with Gasteiger partial charge in [-0.05, 0) is 60.2 Å². The van der Waals surface area contributed by atoms with E-state index in [-0.39, 0.29) is 17.6 Å². The van der Waals surface area contributed by atoms with Crippen molar-refractivity contribution in [2.45, 2.75) is 47.0 Å². The zero-order valence-corrected chi connectivity index (χ0v) is 23.7. The number of amides is 1. The summed E-state index contributed by atoms with van der Waals surface area (Å²) in [5.41, 5.74) is 4.62. The Morgan fingerprint density at radius 1 is 1.03 bits per heavy atom. The first-order valence-corrected chi connectivity index (χ1v) is 13.6. The largest absolute Gasteiger partial charge is 0.465 e. The van der Waals surface area contributed by atoms with Crippen LogP contribution < -0.4 is 5.32 Å². The minimum Gasteiger partial charge on any atom is -0.465 e. The summed E-state index contributed by atoms with van der Waals surface area (Å²) in [6.45, 7) is 8.40. The number of aromatic nitrogens is 1. The molecule has 0 bridgehead atoms. The molecule has 4 aromatic rings. The van der Waals surface area contributed by atoms with E-state index in [1.54, 1.807) is 25.2 Å². The fraction of sp³-hybridized carbons (Fsp3) is 0.323. The molecule has 2 heterocycles. The second-order valence-corrected chi connectivity index (χ2v) is 10.6. The van der Waals surface area contributed by atoms with Crippen molar-refractivity contribution in [3.8, 4) is 10.4 Å². The Hall–Kier alpha value is -3.58. The third-order valence-corrected chi connectivity index (χ3v) is 6.84. The van der Waals surface area contributed by atoms with Crippen molar-refractivity contribution in [1.29, 1.82) is 0 Å². The minimum absolute atomic E-state index is 0.178. The number of fused-ring (bicyclic) bond motifs is 1. The van der Waals surface area contributed by atoms with Gasteiger partial charge in [0.25, 0.3) is 5.91 Å². The predicted octanol–water partition coefficient (Wildman–Crippen LogP) is 7.45. The highest BCUT2D eigenvalue weighted by atomic mass is 32.1. The molecule has 0 atom stereocenters. The summed E-state index contributed by atoms with van der Waals surface area (Å²) < 4.78 is 18.5. The fourth-order valence-electron chi connectivity index (χ4n) is 4.14. The summed E-state index contributed by atoms with van der Waals surface area (Å²) in [5, 5.41) is 3.46. The maximum atomic E-state index is 13.3. The summed E-state index contributed by atoms with van der Waals surface area (Å²) in [5.74, 6) is -0.624. The standard InChI is InChI=1S/C28H27FN2O3S.C3H8/c1-16(2)13-22-26(28(33)34-4)25(23-11-12-24(35-23)27(32)30-3)20-10-7-18(15-21(20)31-22)14-17-5-8-19(29)9-6-17;1-3-2/h5-12,15-16H,13-14H2,1-4H3,(H,30,32);3H2,1-2H3. The lowest BCUT2D eigenvalue weighted by atomic mass is 9.93. The van der Waals surface area contributed by atoms with Crippen LogP contribution in [0.2, 0.25) is 0 Å². The molecule has 2 aromatic heterocycles. The minimum atomic E-state index is -0.449. The van der Waals surface area contributed by atoms with Crippen LogP contribution in [0, 0.1) is 11.7 Å². The Kier molecular flexibility index (Phi) is 10.1. The number of ether oxygens (including phenoxy) is 1. The van der Waals surface area contributed by atoms with Crippen molar-refractivity contribution < 1.29 is 18.7 Å². The number of pyridine rings is 1. The van der Waals surface area contributed by atoms with E-state index < -0.39 is 5.97 Å². The number of halogens is 1. The van der Waals surface area contributed by atoms with Crippen molar-refractivity contribution in [1.82, 2.24) is 10.3 Å². The molecule has 0 radical (unpaired) electrons. The van der Waals surface area contributed by atoms with Gasteiger partial charge < -0.3 is 10.1 Å². The number of carbonyl (C=O) groups is 2. The van der Waals surface area contributed by atoms with Gasteiger partial charge in [0.1, 0.15) is 5.82 Å². The summed E-state index contributed by atoms with van der Waals surface area (Å²) >= 11 is 1.33.